The summed E-state index contributed by atoms with van der Waals surface area (Å²) in [6.07, 6.45) is 25.5. The van der Waals surface area contributed by atoms with Crippen molar-refractivity contribution in [1.29, 1.82) is 0 Å². The first-order valence-corrected chi connectivity index (χ1v) is 48.6. The maximum Gasteiger partial charge on any atom is 0.0517 e. The lowest BCUT2D eigenvalue weighted by Gasteiger charge is -2.46. The minimum absolute atomic E-state index is 0.0653. The first-order valence-electron chi connectivity index (χ1n) is 48.6. The zero-order valence-electron chi connectivity index (χ0n) is 75.7. The van der Waals surface area contributed by atoms with Crippen LogP contribution >= 0.6 is 0 Å². The van der Waals surface area contributed by atoms with Crippen LogP contribution in [0, 0.1) is 0 Å². The van der Waals surface area contributed by atoms with Crippen LogP contribution in [0.1, 0.15) is 212 Å². The maximum absolute atomic E-state index is 2.77. The van der Waals surface area contributed by atoms with Crippen molar-refractivity contribution >= 4 is 110 Å². The second-order valence-electron chi connectivity index (χ2n) is 41.2. The number of fused-ring (bicyclic) bond motifs is 16. The topological polar surface area (TPSA) is 13.0 Å². The van der Waals surface area contributed by atoms with Crippen molar-refractivity contribution in [3.63, 3.8) is 0 Å². The average Bonchev–Trinajstić information content (AvgIpc) is 1.52. The molecule has 0 spiro atoms. The van der Waals surface area contributed by atoms with Gasteiger partial charge in [0.15, 0.2) is 0 Å². The number of rotatable bonds is 16. The molecular weight excluding hydrogens is 1530 g/mol. The monoisotopic (exact) mass is 1650 g/mol. The van der Waals surface area contributed by atoms with Gasteiger partial charge in [0, 0.05) is 73.7 Å². The van der Waals surface area contributed by atoms with Gasteiger partial charge < -0.3 is 19.6 Å². The van der Waals surface area contributed by atoms with Crippen molar-refractivity contribution in [3.05, 3.63) is 326 Å². The largest absolute Gasteiger partial charge is 0.340 e. The van der Waals surface area contributed by atoms with E-state index in [2.05, 4.69) is 378 Å². The van der Waals surface area contributed by atoms with Crippen LogP contribution in [-0.2, 0) is 21.7 Å². The van der Waals surface area contributed by atoms with Gasteiger partial charge in [0.1, 0.15) is 0 Å². The van der Waals surface area contributed by atoms with Crippen LogP contribution in [0.3, 0.4) is 0 Å². The minimum atomic E-state index is -0.112. The highest BCUT2D eigenvalue weighted by Crippen LogP contribution is 2.67. The van der Waals surface area contributed by atoms with Gasteiger partial charge in [-0.2, -0.15) is 0 Å². The number of benzene rings is 15. The predicted octanol–water partition coefficient (Wildman–Crippen LogP) is 34.6. The van der Waals surface area contributed by atoms with E-state index in [0.717, 1.165) is 51.5 Å². The molecule has 24 rings (SSSR count). The number of para-hydroxylation sites is 4. The molecule has 0 bridgehead atoms. The summed E-state index contributed by atoms with van der Waals surface area (Å²) in [7, 11) is 0. The summed E-state index contributed by atoms with van der Waals surface area (Å²) < 4.78 is 0. The smallest absolute Gasteiger partial charge is 0.0517 e. The molecule has 0 amide bonds. The molecule has 4 nitrogen and oxygen atoms in total. The number of anilines is 8. The Balaban J connectivity index is 0.806. The summed E-state index contributed by atoms with van der Waals surface area (Å²) in [5.41, 5.74) is 31.3. The summed E-state index contributed by atoms with van der Waals surface area (Å²) in [6, 6.07) is 120. The van der Waals surface area contributed by atoms with E-state index < -0.39 is 0 Å². The normalized spacial score (nSPS) is 23.7. The van der Waals surface area contributed by atoms with Crippen LogP contribution in [-0.4, -0.2) is 23.2 Å². The summed E-state index contributed by atoms with van der Waals surface area (Å²) in [4.78, 5) is 10.9. The molecule has 4 heterocycles. The minimum Gasteiger partial charge on any atom is -0.340 e. The number of nitrogens with zero attached hydrogens (tertiary/aromatic N) is 4. The number of unbranched alkanes of at least 4 members (excludes halogenated alkanes) is 4. The lowest BCUT2D eigenvalue weighted by molar-refractivity contribution is 0.261. The molecule has 7 atom stereocenters. The fraction of sp³-hybridized carbons (Fsp3) is 0.301. The molecule has 3 fully saturated rings. The van der Waals surface area contributed by atoms with E-state index in [9.17, 15) is 0 Å². The van der Waals surface area contributed by atoms with Crippen LogP contribution in [0.4, 0.5) is 45.5 Å². The van der Waals surface area contributed by atoms with Crippen LogP contribution in [0.25, 0.3) is 131 Å². The third-order valence-electron chi connectivity index (χ3n) is 34.7. The van der Waals surface area contributed by atoms with Crippen molar-refractivity contribution in [2.45, 2.75) is 229 Å². The molecule has 3 saturated carbocycles. The van der Waals surface area contributed by atoms with E-state index in [1.54, 1.807) is 0 Å². The molecule has 0 radical (unpaired) electrons. The highest BCUT2D eigenvalue weighted by molar-refractivity contribution is 6.48. The molecule has 17 aromatic carbocycles. The Morgan fingerprint density at radius 3 is 0.882 bits per heavy atom. The van der Waals surface area contributed by atoms with Gasteiger partial charge in [-0.15, -0.1) is 0 Å². The fourth-order valence-electron chi connectivity index (χ4n) is 27.7. The average molecular weight is 1650 g/mol. The molecule has 7 unspecified atom stereocenters. The van der Waals surface area contributed by atoms with Crippen LogP contribution in [0.2, 0.25) is 0 Å². The number of hydrogen-bond donors (Lipinski definition) is 0. The van der Waals surface area contributed by atoms with Gasteiger partial charge in [-0.3, -0.25) is 0 Å². The molecule has 0 aromatic heterocycles. The van der Waals surface area contributed by atoms with E-state index in [4.69, 9.17) is 0 Å². The quantitative estimate of drug-likeness (QED) is 0.0894. The van der Waals surface area contributed by atoms with Crippen molar-refractivity contribution in [2.75, 3.05) is 26.1 Å². The van der Waals surface area contributed by atoms with Gasteiger partial charge in [0.2, 0.25) is 0 Å². The van der Waals surface area contributed by atoms with Crippen LogP contribution in [0.15, 0.2) is 303 Å². The van der Waals surface area contributed by atoms with E-state index in [1.165, 1.54) is 289 Å². The molecule has 630 valence electrons. The fourth-order valence-corrected chi connectivity index (χ4v) is 27.7. The zero-order valence-corrected chi connectivity index (χ0v) is 75.7. The van der Waals surface area contributed by atoms with Crippen molar-refractivity contribution in [2.24, 2.45) is 0 Å². The molecule has 127 heavy (non-hydrogen) atoms. The van der Waals surface area contributed by atoms with Gasteiger partial charge in [0.25, 0.3) is 0 Å². The maximum atomic E-state index is 2.77. The molecule has 3 aliphatic carbocycles. The summed E-state index contributed by atoms with van der Waals surface area (Å²) in [5, 5.41) is 15.9. The summed E-state index contributed by atoms with van der Waals surface area (Å²) in [6.45, 7) is 21.6. The first-order chi connectivity index (χ1) is 62.1. The lowest BCUT2D eigenvalue weighted by atomic mass is 9.66. The summed E-state index contributed by atoms with van der Waals surface area (Å²) in [5.74, 6) is 0. The van der Waals surface area contributed by atoms with Gasteiger partial charge >= 0.3 is 0 Å². The predicted molar refractivity (Wildman–Crippen MR) is 543 cm³/mol. The summed E-state index contributed by atoms with van der Waals surface area (Å²) >= 11 is 0. The Bertz CT molecular complexity index is 6920. The van der Waals surface area contributed by atoms with E-state index in [-0.39, 0.29) is 38.3 Å². The van der Waals surface area contributed by atoms with Crippen molar-refractivity contribution < 1.29 is 0 Å². The Kier molecular flexibility index (Phi) is 18.3. The second kappa shape index (κ2) is 29.5. The third kappa shape index (κ3) is 11.3. The molecule has 7 aliphatic rings. The van der Waals surface area contributed by atoms with Gasteiger partial charge in [-0.05, 0) is 316 Å². The zero-order chi connectivity index (χ0) is 85.5. The molecule has 4 aliphatic heterocycles. The SMILES string of the molecule is CCCCCCCC1(C)CN(c2ccccc2)c2ccc(-c3ccc4c5c(-c6ccccc6)c6c7ccc(-c8ccc9c(c8)C8(C)CCCCCC8(C)N9c8ccccc8)c8c(-c9ccc%10c(c9)C9(C)CCCCCC9(C)N%10c9ccccc9)ccc(c6c(-c6ccccc6)c5c5ccc(-c6ccc9c(c6)C6(C)CCCCCC6(C)N9c6ccccc6)c3c45)c87)cc21. The standard InChI is InChI=1S/C123H118N4/c1-9-10-11-12-34-69-117(2)80-124(87-45-26-15-27-46-87)103-65-53-83(76-99(103)117)91-57-61-95-111-96(62-58-92(109(91)111)84-54-66-104-100(77-84)118(3)70-35-19-38-73-121(118,6)125(104)88-47-28-16-29-48-88)114-108(82-43-24-14-25-44-82)116-98-64-60-94(86-56-68-106-102(79-86)120(5)72-37-21-40-75-123(120,8)127(106)90-51-32-18-33-52-90)110-93(59-63-97(112(98)110)115(116)107(113(95)114)81-41-22-13-23-42-81)85-55-67-105-101(78-85)119(4)71-36-20-39-74-122(119,7)126(105)89-49-30-17-31-50-89/h13-18,22-33,41-68,76-79H,9-12,19-21,34-40,69-75,80H2,1-8H3. The lowest BCUT2D eigenvalue weighted by Crippen LogP contribution is -2.52. The third-order valence-corrected chi connectivity index (χ3v) is 34.7. The number of hydrogen-bond acceptors (Lipinski definition) is 4. The molecule has 4 heteroatoms. The van der Waals surface area contributed by atoms with E-state index in [0.29, 0.717) is 0 Å². The van der Waals surface area contributed by atoms with Gasteiger partial charge in [0.05, 0.1) is 16.6 Å². The molecule has 0 saturated heterocycles. The Hall–Kier alpha value is -12.0. The molecule has 0 N–H and O–H groups in total. The van der Waals surface area contributed by atoms with Gasteiger partial charge in [-0.1, -0.05) is 331 Å². The van der Waals surface area contributed by atoms with E-state index >= 15 is 0 Å². The Morgan fingerprint density at radius 2 is 0.543 bits per heavy atom. The van der Waals surface area contributed by atoms with Crippen LogP contribution < -0.4 is 19.6 Å². The Labute approximate surface area is 752 Å². The second-order valence-corrected chi connectivity index (χ2v) is 41.2. The van der Waals surface area contributed by atoms with Gasteiger partial charge in [-0.25, -0.2) is 0 Å². The highest BCUT2D eigenvalue weighted by Gasteiger charge is 2.60. The van der Waals surface area contributed by atoms with Crippen molar-refractivity contribution in [1.82, 2.24) is 0 Å². The Morgan fingerprint density at radius 1 is 0.244 bits per heavy atom. The first kappa shape index (κ1) is 78.5. The van der Waals surface area contributed by atoms with Crippen LogP contribution in [0.5, 0.6) is 0 Å². The molecule has 17 aromatic rings. The highest BCUT2D eigenvalue weighted by atomic mass is 15.3. The van der Waals surface area contributed by atoms with Crippen molar-refractivity contribution in [3.8, 4) is 66.8 Å². The van der Waals surface area contributed by atoms with E-state index in [1.807, 2.05) is 0 Å². The molecular formula is C123H118N4.